The lowest BCUT2D eigenvalue weighted by Crippen LogP contribution is -2.54. The number of ether oxygens (including phenoxy) is 2. The number of amides is 2. The van der Waals surface area contributed by atoms with Crippen LogP contribution in [0.5, 0.6) is 11.5 Å². The van der Waals surface area contributed by atoms with Gasteiger partial charge >= 0.3 is 30.3 Å². The molecule has 12 nitrogen and oxygen atoms in total. The number of halogens is 6. The Kier molecular flexibility index (Phi) is 8.01. The van der Waals surface area contributed by atoms with E-state index < -0.39 is 87.8 Å². The topological polar surface area (TPSA) is 189 Å². The minimum atomic E-state index is -6.20. The second kappa shape index (κ2) is 11.9. The molecule has 1 unspecified atom stereocenters. The Bertz CT molecular complexity index is 2180. The van der Waals surface area contributed by atoms with Crippen LogP contribution in [0.2, 0.25) is 0 Å². The summed E-state index contributed by atoms with van der Waals surface area (Å²) in [5, 5.41) is 34.5. The number of alkyl halides is 6. The molecule has 2 amide bonds. The van der Waals surface area contributed by atoms with Crippen LogP contribution in [0.3, 0.4) is 0 Å². The Balaban J connectivity index is 1.40. The van der Waals surface area contributed by atoms with Gasteiger partial charge in [0, 0.05) is 16.7 Å². The van der Waals surface area contributed by atoms with Crippen molar-refractivity contribution in [1.29, 1.82) is 0 Å². The highest BCUT2D eigenvalue weighted by Gasteiger charge is 2.72. The van der Waals surface area contributed by atoms with Crippen molar-refractivity contribution in [2.45, 2.75) is 24.1 Å². The number of nitrogens with one attached hydrogen (secondary N) is 2. The molecule has 4 aromatic carbocycles. The number of aliphatic hydroxyl groups excluding tert-OH is 1. The SMILES string of the molecule is O=C(Nc1cc(C(c2ccc(O)c(NC(=O)c3ccc4c(c3)C(=O)OC4O)c2)(C(F)(F)F)C(F)(F)F)ccc1O)c1ccc2c(c1)C(=O)OC2=O. The molecule has 2 heterocycles. The predicted molar refractivity (Wildman–Crippen MR) is 158 cm³/mol. The number of aromatic hydroxyl groups is 2. The maximum absolute atomic E-state index is 15.0. The molecule has 5 N–H and O–H groups in total. The van der Waals surface area contributed by atoms with Gasteiger partial charge < -0.3 is 35.4 Å². The van der Waals surface area contributed by atoms with Gasteiger partial charge in [0.15, 0.2) is 0 Å². The summed E-state index contributed by atoms with van der Waals surface area (Å²) < 4.78 is 99.0. The highest BCUT2D eigenvalue weighted by Crippen LogP contribution is 2.57. The molecule has 0 saturated heterocycles. The van der Waals surface area contributed by atoms with Gasteiger partial charge in [-0.25, -0.2) is 14.4 Å². The molecule has 4 aromatic rings. The van der Waals surface area contributed by atoms with E-state index in [1.807, 2.05) is 10.6 Å². The second-order valence-corrected chi connectivity index (χ2v) is 11.1. The molecule has 262 valence electrons. The number of rotatable bonds is 6. The smallest absolute Gasteiger partial charge is 0.411 e. The summed E-state index contributed by atoms with van der Waals surface area (Å²) in [6.45, 7) is 0. The van der Waals surface area contributed by atoms with Gasteiger partial charge in [-0.2, -0.15) is 26.3 Å². The third kappa shape index (κ3) is 5.64. The van der Waals surface area contributed by atoms with E-state index in [-0.39, 0.29) is 45.5 Å². The average molecular weight is 716 g/mol. The van der Waals surface area contributed by atoms with E-state index in [2.05, 4.69) is 9.47 Å². The van der Waals surface area contributed by atoms with Crippen molar-refractivity contribution in [3.05, 3.63) is 117 Å². The first kappa shape index (κ1) is 34.4. The minimum Gasteiger partial charge on any atom is -0.506 e. The molecule has 18 heteroatoms. The normalized spacial score (nSPS) is 15.5. The molecule has 0 saturated carbocycles. The first-order chi connectivity index (χ1) is 23.8. The van der Waals surface area contributed by atoms with Crippen LogP contribution in [-0.4, -0.2) is 57.4 Å². The molecule has 0 fully saturated rings. The van der Waals surface area contributed by atoms with E-state index in [1.165, 1.54) is 0 Å². The molecule has 0 aliphatic carbocycles. The molecule has 1 atom stereocenters. The van der Waals surface area contributed by atoms with E-state index in [1.54, 1.807) is 0 Å². The number of carbonyl (C=O) groups is 5. The summed E-state index contributed by atoms with van der Waals surface area (Å²) in [5.74, 6) is -7.39. The molecular weight excluding hydrogens is 698 g/mol. The Morgan fingerprint density at radius 2 is 1.08 bits per heavy atom. The molecule has 0 aromatic heterocycles. The van der Waals surface area contributed by atoms with Crippen molar-refractivity contribution < 1.29 is 75.1 Å². The number of phenols is 2. The third-order valence-corrected chi connectivity index (χ3v) is 8.13. The fourth-order valence-electron chi connectivity index (χ4n) is 5.65. The number of hydrogen-bond acceptors (Lipinski definition) is 10. The Hall–Kier alpha value is -6.43. The predicted octanol–water partition coefficient (Wildman–Crippen LogP) is 5.49. The molecule has 0 spiro atoms. The van der Waals surface area contributed by atoms with Gasteiger partial charge in [-0.15, -0.1) is 0 Å². The van der Waals surface area contributed by atoms with Crippen LogP contribution in [0.1, 0.15) is 74.8 Å². The van der Waals surface area contributed by atoms with Gasteiger partial charge in [-0.05, 0) is 65.7 Å². The van der Waals surface area contributed by atoms with Gasteiger partial charge in [-0.1, -0.05) is 18.2 Å². The van der Waals surface area contributed by atoms with Crippen molar-refractivity contribution in [1.82, 2.24) is 0 Å². The van der Waals surface area contributed by atoms with Crippen LogP contribution >= 0.6 is 0 Å². The Labute approximate surface area is 279 Å². The highest BCUT2D eigenvalue weighted by molar-refractivity contribution is 6.16. The zero-order valence-electron chi connectivity index (χ0n) is 25.0. The maximum atomic E-state index is 15.0. The monoisotopic (exact) mass is 716 g/mol. The van der Waals surface area contributed by atoms with Crippen molar-refractivity contribution in [2.75, 3.05) is 10.6 Å². The quantitative estimate of drug-likeness (QED) is 0.0740. The fraction of sp³-hybridized carbons (Fsp3) is 0.121. The van der Waals surface area contributed by atoms with Crippen LogP contribution in [0.15, 0.2) is 72.8 Å². The number of esters is 3. The number of fused-ring (bicyclic) bond motifs is 2. The molecule has 51 heavy (non-hydrogen) atoms. The summed E-state index contributed by atoms with van der Waals surface area (Å²) in [6.07, 6.45) is -14.0. The zero-order valence-corrected chi connectivity index (χ0v) is 25.0. The number of hydrogen-bond donors (Lipinski definition) is 5. The third-order valence-electron chi connectivity index (χ3n) is 8.13. The Morgan fingerprint density at radius 3 is 1.59 bits per heavy atom. The van der Waals surface area contributed by atoms with E-state index >= 15 is 0 Å². The lowest BCUT2D eigenvalue weighted by atomic mass is 9.72. The standard InChI is InChI=1S/C33H18F6N2O10/c34-32(35,36)31(33(37,38)39,15-3-7-23(42)21(11-15)40-25(44)13-1-5-17-19(9-13)29(48)50-27(17)46)16-4-8-24(43)22(12-16)41-26(45)14-2-6-18-20(10-14)30(49)51-28(18)47/h1-12,27,42-43,46H,(H,40,44)(H,41,45). The van der Waals surface area contributed by atoms with E-state index in [0.29, 0.717) is 24.3 Å². The number of phenolic OH excluding ortho intramolecular Hbond substituents is 2. The van der Waals surface area contributed by atoms with Crippen LogP contribution in [-0.2, 0) is 14.9 Å². The largest absolute Gasteiger partial charge is 0.506 e. The van der Waals surface area contributed by atoms with Crippen molar-refractivity contribution in [3.63, 3.8) is 0 Å². The highest BCUT2D eigenvalue weighted by atomic mass is 19.4. The van der Waals surface area contributed by atoms with Gasteiger partial charge in [-0.3, -0.25) is 9.59 Å². The van der Waals surface area contributed by atoms with Gasteiger partial charge in [0.1, 0.15) is 11.5 Å². The first-order valence-electron chi connectivity index (χ1n) is 14.2. The number of cyclic esters (lactones) is 3. The molecule has 2 aliphatic rings. The molecule has 0 bridgehead atoms. The zero-order chi connectivity index (χ0) is 37.2. The minimum absolute atomic E-state index is 0.000505. The van der Waals surface area contributed by atoms with Gasteiger partial charge in [0.2, 0.25) is 11.7 Å². The fourth-order valence-corrected chi connectivity index (χ4v) is 5.65. The lowest BCUT2D eigenvalue weighted by molar-refractivity contribution is -0.288. The van der Waals surface area contributed by atoms with E-state index in [0.717, 1.165) is 36.4 Å². The van der Waals surface area contributed by atoms with Gasteiger partial charge in [0.05, 0.1) is 28.1 Å². The molecular formula is C33H18F6N2O10. The van der Waals surface area contributed by atoms with Crippen molar-refractivity contribution >= 4 is 41.1 Å². The summed E-state index contributed by atoms with van der Waals surface area (Å²) >= 11 is 0. The van der Waals surface area contributed by atoms with Gasteiger partial charge in [0.25, 0.3) is 11.8 Å². The molecule has 0 radical (unpaired) electrons. The summed E-state index contributed by atoms with van der Waals surface area (Å²) in [6, 6.07) is 8.16. The Morgan fingerprint density at radius 1 is 0.608 bits per heavy atom. The second-order valence-electron chi connectivity index (χ2n) is 11.1. The summed E-state index contributed by atoms with van der Waals surface area (Å²) in [4.78, 5) is 61.5. The van der Waals surface area contributed by atoms with Crippen molar-refractivity contribution in [3.8, 4) is 11.5 Å². The molecule has 2 aliphatic heterocycles. The van der Waals surface area contributed by atoms with Crippen molar-refractivity contribution in [2.24, 2.45) is 0 Å². The summed E-state index contributed by atoms with van der Waals surface area (Å²) in [7, 11) is 0. The number of benzene rings is 4. The van der Waals surface area contributed by atoms with Crippen LogP contribution in [0, 0.1) is 0 Å². The van der Waals surface area contributed by atoms with Crippen LogP contribution in [0.4, 0.5) is 37.7 Å². The number of anilines is 2. The first-order valence-corrected chi connectivity index (χ1v) is 14.2. The number of aliphatic hydroxyl groups is 1. The molecule has 6 rings (SSSR count). The van der Waals surface area contributed by atoms with E-state index in [4.69, 9.17) is 0 Å². The van der Waals surface area contributed by atoms with E-state index in [9.17, 15) is 65.6 Å². The van der Waals surface area contributed by atoms with Crippen LogP contribution in [0.25, 0.3) is 0 Å². The summed E-state index contributed by atoms with van der Waals surface area (Å²) in [5.41, 5.74) is -11.3. The average Bonchev–Trinajstić information content (AvgIpc) is 3.50. The number of carbonyl (C=O) groups excluding carboxylic acids is 5. The van der Waals surface area contributed by atoms with Crippen LogP contribution < -0.4 is 10.6 Å². The lowest BCUT2D eigenvalue weighted by Gasteiger charge is -2.38. The maximum Gasteiger partial charge on any atom is 0.411 e.